The maximum atomic E-state index is 11.4. The number of aromatic nitrogens is 1. The van der Waals surface area contributed by atoms with Gasteiger partial charge >= 0.3 is 0 Å². The Balaban J connectivity index is 2.63. The van der Waals surface area contributed by atoms with Gasteiger partial charge in [-0.15, -0.1) is 0 Å². The minimum atomic E-state index is -0.263. The van der Waals surface area contributed by atoms with E-state index in [1.54, 1.807) is 24.4 Å². The van der Waals surface area contributed by atoms with Crippen LogP contribution in [0.2, 0.25) is 0 Å². The maximum absolute atomic E-state index is 11.4. The molecule has 1 heterocycles. The summed E-state index contributed by atoms with van der Waals surface area (Å²) in [5.74, 6) is -0.263. The van der Waals surface area contributed by atoms with Crippen molar-refractivity contribution in [3.05, 3.63) is 35.8 Å². The van der Waals surface area contributed by atoms with Crippen LogP contribution in [0.1, 0.15) is 12.1 Å². The molecule has 1 N–H and O–H groups in total. The van der Waals surface area contributed by atoms with Crippen LogP contribution in [-0.4, -0.2) is 30.9 Å². The van der Waals surface area contributed by atoms with E-state index in [-0.39, 0.29) is 18.0 Å². The van der Waals surface area contributed by atoms with E-state index in [9.17, 15) is 9.59 Å². The number of carbonyl (C=O) groups is 2. The lowest BCUT2D eigenvalue weighted by molar-refractivity contribution is -0.122. The Morgan fingerprint density at radius 2 is 2.35 bits per heavy atom. The number of amides is 1. The van der Waals surface area contributed by atoms with Gasteiger partial charge in [0.15, 0.2) is 6.29 Å². The van der Waals surface area contributed by atoms with E-state index in [0.29, 0.717) is 18.6 Å². The third-order valence-corrected chi connectivity index (χ3v) is 1.94. The number of carbonyl (C=O) groups excluding carboxylic acids is 2. The van der Waals surface area contributed by atoms with Crippen molar-refractivity contribution in [3.63, 3.8) is 0 Å². The van der Waals surface area contributed by atoms with E-state index in [0.717, 1.165) is 0 Å². The monoisotopic (exact) mass is 234 g/mol. The van der Waals surface area contributed by atoms with Crippen molar-refractivity contribution in [1.29, 1.82) is 0 Å². The number of pyridine rings is 1. The van der Waals surface area contributed by atoms with Crippen molar-refractivity contribution in [2.75, 3.05) is 13.7 Å². The van der Waals surface area contributed by atoms with Gasteiger partial charge in [0.25, 0.3) is 0 Å². The highest BCUT2D eigenvalue weighted by Crippen LogP contribution is 1.99. The first-order valence-corrected chi connectivity index (χ1v) is 5.13. The van der Waals surface area contributed by atoms with Crippen LogP contribution in [0.25, 0.3) is 6.08 Å². The lowest BCUT2D eigenvalue weighted by atomic mass is 10.3. The SMILES string of the molecule is COCCC(=O)N/C(C=O)=C\c1ccccn1. The van der Waals surface area contributed by atoms with Gasteiger partial charge in [-0.2, -0.15) is 0 Å². The number of hydrogen-bond donors (Lipinski definition) is 1. The summed E-state index contributed by atoms with van der Waals surface area (Å²) in [6, 6.07) is 5.31. The van der Waals surface area contributed by atoms with Gasteiger partial charge in [-0.25, -0.2) is 0 Å². The Kier molecular flexibility index (Phi) is 5.60. The van der Waals surface area contributed by atoms with Gasteiger partial charge in [0.2, 0.25) is 5.91 Å². The molecule has 90 valence electrons. The molecule has 0 fully saturated rings. The maximum Gasteiger partial charge on any atom is 0.226 e. The first-order chi connectivity index (χ1) is 8.26. The van der Waals surface area contributed by atoms with Crippen LogP contribution in [0.15, 0.2) is 30.1 Å². The van der Waals surface area contributed by atoms with E-state index >= 15 is 0 Å². The highest BCUT2D eigenvalue weighted by molar-refractivity contribution is 5.89. The molecule has 0 aliphatic heterocycles. The zero-order valence-electron chi connectivity index (χ0n) is 9.55. The predicted molar refractivity (Wildman–Crippen MR) is 62.9 cm³/mol. The van der Waals surface area contributed by atoms with Crippen LogP contribution in [0.4, 0.5) is 0 Å². The summed E-state index contributed by atoms with van der Waals surface area (Å²) in [7, 11) is 1.51. The molecular formula is C12H14N2O3. The van der Waals surface area contributed by atoms with Gasteiger partial charge in [0.1, 0.15) is 0 Å². The Bertz CT molecular complexity index is 401. The molecule has 0 aliphatic carbocycles. The molecule has 0 spiro atoms. The molecule has 0 aliphatic rings. The van der Waals surface area contributed by atoms with Crippen molar-refractivity contribution in [3.8, 4) is 0 Å². The summed E-state index contributed by atoms with van der Waals surface area (Å²) < 4.78 is 4.77. The third kappa shape index (κ3) is 5.03. The molecule has 1 aromatic heterocycles. The number of rotatable bonds is 6. The Hall–Kier alpha value is -2.01. The molecule has 0 saturated carbocycles. The van der Waals surface area contributed by atoms with E-state index in [2.05, 4.69) is 10.3 Å². The number of methoxy groups -OCH3 is 1. The van der Waals surface area contributed by atoms with Crippen molar-refractivity contribution in [2.24, 2.45) is 0 Å². The van der Waals surface area contributed by atoms with Crippen molar-refractivity contribution < 1.29 is 14.3 Å². The first kappa shape index (κ1) is 13.1. The quantitative estimate of drug-likeness (QED) is 0.583. The molecule has 0 radical (unpaired) electrons. The highest BCUT2D eigenvalue weighted by atomic mass is 16.5. The van der Waals surface area contributed by atoms with Gasteiger partial charge in [-0.1, -0.05) is 6.07 Å². The summed E-state index contributed by atoms with van der Waals surface area (Å²) in [5.41, 5.74) is 0.798. The second kappa shape index (κ2) is 7.29. The molecule has 1 rings (SSSR count). The number of nitrogens with one attached hydrogen (secondary N) is 1. The van der Waals surface area contributed by atoms with Crippen LogP contribution in [0, 0.1) is 0 Å². The van der Waals surface area contributed by atoms with Gasteiger partial charge in [0.05, 0.1) is 24.4 Å². The molecule has 5 nitrogen and oxygen atoms in total. The number of ether oxygens (including phenoxy) is 1. The second-order valence-corrected chi connectivity index (χ2v) is 3.26. The molecule has 0 saturated heterocycles. The molecule has 0 bridgehead atoms. The van der Waals surface area contributed by atoms with Crippen molar-refractivity contribution >= 4 is 18.3 Å². The zero-order chi connectivity index (χ0) is 12.5. The summed E-state index contributed by atoms with van der Waals surface area (Å²) in [5, 5.41) is 2.48. The van der Waals surface area contributed by atoms with E-state index in [4.69, 9.17) is 4.74 Å². The number of nitrogens with zero attached hydrogens (tertiary/aromatic N) is 1. The summed E-state index contributed by atoms with van der Waals surface area (Å²) in [4.78, 5) is 26.2. The number of aldehydes is 1. The summed E-state index contributed by atoms with van der Waals surface area (Å²) in [6.07, 6.45) is 3.92. The minimum absolute atomic E-state index is 0.185. The lowest BCUT2D eigenvalue weighted by Crippen LogP contribution is -2.24. The highest BCUT2D eigenvalue weighted by Gasteiger charge is 2.03. The van der Waals surface area contributed by atoms with Crippen molar-refractivity contribution in [2.45, 2.75) is 6.42 Å². The fourth-order valence-corrected chi connectivity index (χ4v) is 1.14. The molecular weight excluding hydrogens is 220 g/mol. The average Bonchev–Trinajstić information content (AvgIpc) is 2.36. The molecule has 5 heteroatoms. The van der Waals surface area contributed by atoms with Crippen LogP contribution in [0.3, 0.4) is 0 Å². The second-order valence-electron chi connectivity index (χ2n) is 3.26. The average molecular weight is 234 g/mol. The topological polar surface area (TPSA) is 68.3 Å². The molecule has 0 atom stereocenters. The Morgan fingerprint density at radius 1 is 1.53 bits per heavy atom. The van der Waals surface area contributed by atoms with Crippen LogP contribution < -0.4 is 5.32 Å². The van der Waals surface area contributed by atoms with Gasteiger partial charge < -0.3 is 10.1 Å². The number of hydrogen-bond acceptors (Lipinski definition) is 4. The standard InChI is InChI=1S/C12H14N2O3/c1-17-7-5-12(16)14-11(9-15)8-10-4-2-3-6-13-10/h2-4,6,8-9H,5,7H2,1H3,(H,14,16)/b11-8-. The molecule has 17 heavy (non-hydrogen) atoms. The fourth-order valence-electron chi connectivity index (χ4n) is 1.14. The predicted octanol–water partition coefficient (Wildman–Crippen LogP) is 0.774. The zero-order valence-corrected chi connectivity index (χ0v) is 9.55. The molecule has 0 aromatic carbocycles. The molecule has 1 amide bonds. The molecule has 0 unspecified atom stereocenters. The van der Waals surface area contributed by atoms with E-state index in [1.807, 2.05) is 0 Å². The van der Waals surface area contributed by atoms with Crippen molar-refractivity contribution in [1.82, 2.24) is 10.3 Å². The van der Waals surface area contributed by atoms with E-state index < -0.39 is 0 Å². The largest absolute Gasteiger partial charge is 0.384 e. The van der Waals surface area contributed by atoms with Crippen LogP contribution in [0.5, 0.6) is 0 Å². The minimum Gasteiger partial charge on any atom is -0.384 e. The Labute approximate surface area is 99.5 Å². The normalized spacial score (nSPS) is 11.0. The van der Waals surface area contributed by atoms with Crippen LogP contribution >= 0.6 is 0 Å². The van der Waals surface area contributed by atoms with Crippen LogP contribution in [-0.2, 0) is 14.3 Å². The summed E-state index contributed by atoms with van der Waals surface area (Å²) >= 11 is 0. The third-order valence-electron chi connectivity index (χ3n) is 1.94. The lowest BCUT2D eigenvalue weighted by Gasteiger charge is -2.03. The smallest absolute Gasteiger partial charge is 0.226 e. The molecule has 1 aromatic rings. The van der Waals surface area contributed by atoms with Gasteiger partial charge in [-0.3, -0.25) is 14.6 Å². The Morgan fingerprint density at radius 3 is 2.94 bits per heavy atom. The van der Waals surface area contributed by atoms with E-state index in [1.165, 1.54) is 13.2 Å². The number of allylic oxidation sites excluding steroid dienone is 1. The first-order valence-electron chi connectivity index (χ1n) is 5.13. The summed E-state index contributed by atoms with van der Waals surface area (Å²) in [6.45, 7) is 0.321. The van der Waals surface area contributed by atoms with Gasteiger partial charge in [0, 0.05) is 13.3 Å². The van der Waals surface area contributed by atoms with Gasteiger partial charge in [-0.05, 0) is 18.2 Å². The fraction of sp³-hybridized carbons (Fsp3) is 0.250.